The van der Waals surface area contributed by atoms with Crippen molar-refractivity contribution >= 4 is 35.0 Å². The summed E-state index contributed by atoms with van der Waals surface area (Å²) in [5.41, 5.74) is 16.9. The Hall–Kier alpha value is -5.44. The molecule has 6 rings (SSSR count). The van der Waals surface area contributed by atoms with Gasteiger partial charge in [0.15, 0.2) is 0 Å². The van der Waals surface area contributed by atoms with Crippen molar-refractivity contribution in [3.63, 3.8) is 0 Å². The summed E-state index contributed by atoms with van der Waals surface area (Å²) in [6.45, 7) is 2.17. The van der Waals surface area contributed by atoms with Crippen LogP contribution < -0.4 is 22.1 Å². The Morgan fingerprint density at radius 1 is 0.932 bits per heavy atom. The summed E-state index contributed by atoms with van der Waals surface area (Å²) in [5.74, 6) is -2.01. The van der Waals surface area contributed by atoms with E-state index in [-0.39, 0.29) is 34.8 Å². The number of carboxylic acid groups (broad SMARTS) is 1. The number of fused-ring (bicyclic) bond motifs is 1. The second-order valence-corrected chi connectivity index (χ2v) is 11.8. The predicted molar refractivity (Wildman–Crippen MR) is 170 cm³/mol. The van der Waals surface area contributed by atoms with E-state index in [2.05, 4.69) is 29.7 Å². The van der Waals surface area contributed by atoms with Crippen molar-refractivity contribution in [1.82, 2.24) is 0 Å². The summed E-state index contributed by atoms with van der Waals surface area (Å²) >= 11 is 0. The summed E-state index contributed by atoms with van der Waals surface area (Å²) in [6, 6.07) is 25.6. The number of hydrogen-bond donors (Lipinski definition) is 6. The number of primary amides is 1. The average molecular weight is 588 g/mol. The first-order chi connectivity index (χ1) is 21.0. The Balaban J connectivity index is 1.50. The van der Waals surface area contributed by atoms with Crippen molar-refractivity contribution in [3.05, 3.63) is 118 Å². The van der Waals surface area contributed by atoms with Gasteiger partial charge in [0.05, 0.1) is 11.6 Å². The van der Waals surface area contributed by atoms with E-state index in [0.717, 1.165) is 35.2 Å². The molecule has 1 saturated carbocycles. The molecular formula is C35H33N5O4. The summed E-state index contributed by atoms with van der Waals surface area (Å²) in [7, 11) is 0. The molecule has 2 amide bonds. The Bertz CT molecular complexity index is 1830. The molecule has 2 aliphatic rings. The molecular weight excluding hydrogens is 554 g/mol. The van der Waals surface area contributed by atoms with Crippen LogP contribution in [0.4, 0.5) is 11.4 Å². The van der Waals surface area contributed by atoms with E-state index in [0.29, 0.717) is 28.8 Å². The molecule has 1 heterocycles. The number of aromatic carboxylic acids is 1. The van der Waals surface area contributed by atoms with Crippen LogP contribution in [0.1, 0.15) is 75.2 Å². The van der Waals surface area contributed by atoms with Crippen LogP contribution in [0.15, 0.2) is 84.9 Å². The van der Waals surface area contributed by atoms with Crippen LogP contribution >= 0.6 is 0 Å². The van der Waals surface area contributed by atoms with Crippen LogP contribution in [0.3, 0.4) is 0 Å². The molecule has 8 N–H and O–H groups in total. The van der Waals surface area contributed by atoms with Crippen molar-refractivity contribution < 1.29 is 19.5 Å². The van der Waals surface area contributed by atoms with Gasteiger partial charge < -0.3 is 27.2 Å². The zero-order chi connectivity index (χ0) is 31.2. The van der Waals surface area contributed by atoms with Crippen molar-refractivity contribution in [3.8, 4) is 11.1 Å². The quantitative estimate of drug-likeness (QED) is 0.115. The zero-order valence-electron chi connectivity index (χ0n) is 24.2. The van der Waals surface area contributed by atoms with E-state index < -0.39 is 17.3 Å². The normalized spacial score (nSPS) is 18.9. The SMILES string of the molecule is CC1(c2ccccc2)CC(c2cc(NC(=O)C3CC3)cc(-c3ccc(C(N)=O)cc3C(=O)O)c2)Nc2ccc(C(=N)N)cc21. The molecule has 0 spiro atoms. The van der Waals surface area contributed by atoms with Gasteiger partial charge in [0.25, 0.3) is 0 Å². The molecule has 222 valence electrons. The zero-order valence-corrected chi connectivity index (χ0v) is 24.2. The molecule has 0 saturated heterocycles. The molecule has 0 aromatic heterocycles. The number of carbonyl (C=O) groups excluding carboxylic acids is 2. The maximum absolute atomic E-state index is 12.8. The molecule has 9 heteroatoms. The molecule has 2 atom stereocenters. The molecule has 1 fully saturated rings. The Morgan fingerprint density at radius 3 is 2.32 bits per heavy atom. The smallest absolute Gasteiger partial charge is 0.336 e. The topological polar surface area (TPSA) is 171 Å². The molecule has 4 aromatic rings. The van der Waals surface area contributed by atoms with E-state index in [1.807, 2.05) is 48.5 Å². The molecule has 4 aromatic carbocycles. The monoisotopic (exact) mass is 587 g/mol. The molecule has 44 heavy (non-hydrogen) atoms. The number of carboxylic acids is 1. The number of anilines is 2. The van der Waals surface area contributed by atoms with E-state index in [4.69, 9.17) is 16.9 Å². The van der Waals surface area contributed by atoms with Gasteiger partial charge in [0.1, 0.15) is 5.84 Å². The average Bonchev–Trinajstić information content (AvgIpc) is 3.87. The van der Waals surface area contributed by atoms with Gasteiger partial charge in [-0.1, -0.05) is 43.3 Å². The first-order valence-electron chi connectivity index (χ1n) is 14.5. The van der Waals surface area contributed by atoms with E-state index in [9.17, 15) is 19.5 Å². The van der Waals surface area contributed by atoms with Crippen molar-refractivity contribution in [2.75, 3.05) is 10.6 Å². The van der Waals surface area contributed by atoms with Crippen molar-refractivity contribution in [1.29, 1.82) is 5.41 Å². The number of nitrogens with one attached hydrogen (secondary N) is 3. The number of nitrogens with two attached hydrogens (primary N) is 2. The summed E-state index contributed by atoms with van der Waals surface area (Å²) in [4.78, 5) is 37.0. The first kappa shape index (κ1) is 28.7. The number of carbonyl (C=O) groups is 3. The lowest BCUT2D eigenvalue weighted by Crippen LogP contribution is -2.35. The van der Waals surface area contributed by atoms with Gasteiger partial charge in [-0.05, 0) is 95.6 Å². The van der Waals surface area contributed by atoms with E-state index in [1.54, 1.807) is 12.1 Å². The van der Waals surface area contributed by atoms with Gasteiger partial charge in [-0.3, -0.25) is 15.0 Å². The predicted octanol–water partition coefficient (Wildman–Crippen LogP) is 5.65. The van der Waals surface area contributed by atoms with E-state index in [1.165, 1.54) is 12.1 Å². The number of rotatable bonds is 8. The lowest BCUT2D eigenvalue weighted by atomic mass is 9.68. The third-order valence-electron chi connectivity index (χ3n) is 8.70. The highest BCUT2D eigenvalue weighted by Crippen LogP contribution is 2.49. The van der Waals surface area contributed by atoms with Crippen molar-refractivity contribution in [2.24, 2.45) is 17.4 Å². The van der Waals surface area contributed by atoms with Crippen LogP contribution in [0.25, 0.3) is 11.1 Å². The largest absolute Gasteiger partial charge is 0.478 e. The number of amides is 2. The minimum Gasteiger partial charge on any atom is -0.478 e. The third-order valence-corrected chi connectivity index (χ3v) is 8.70. The number of benzene rings is 4. The highest BCUT2D eigenvalue weighted by atomic mass is 16.4. The van der Waals surface area contributed by atoms with Gasteiger partial charge in [-0.25, -0.2) is 4.79 Å². The lowest BCUT2D eigenvalue weighted by molar-refractivity contribution is -0.117. The second kappa shape index (κ2) is 11.0. The fourth-order valence-electron chi connectivity index (χ4n) is 6.13. The molecule has 0 radical (unpaired) electrons. The molecule has 1 aliphatic heterocycles. The van der Waals surface area contributed by atoms with Crippen LogP contribution in [0, 0.1) is 11.3 Å². The first-order valence-corrected chi connectivity index (χ1v) is 14.5. The maximum Gasteiger partial charge on any atom is 0.336 e. The molecule has 9 nitrogen and oxygen atoms in total. The number of nitrogen functional groups attached to an aromatic ring is 1. The highest BCUT2D eigenvalue weighted by Gasteiger charge is 2.39. The maximum atomic E-state index is 12.8. The Kier molecular flexibility index (Phi) is 7.17. The van der Waals surface area contributed by atoms with Crippen molar-refractivity contribution in [2.45, 2.75) is 37.6 Å². The van der Waals surface area contributed by atoms with Gasteiger partial charge >= 0.3 is 5.97 Å². The standard InChI is InChI=1S/C35H33N5O4/c1-35(24-5-3-2-4-6-24)18-30(40-29-12-10-20(31(36)37)17-28(29)35)23-13-22(14-25(15-23)39-33(42)19-7-8-19)26-11-9-21(32(38)41)16-27(26)34(43)44/h2-6,9-17,19,30,40H,7-8,18H2,1H3,(H3,36,37)(H2,38,41)(H,39,42)(H,43,44). The summed E-state index contributed by atoms with van der Waals surface area (Å²) in [5, 5.41) is 24.8. The molecule has 0 bridgehead atoms. The third kappa shape index (κ3) is 5.40. The van der Waals surface area contributed by atoms with Gasteiger partial charge in [0, 0.05) is 33.8 Å². The summed E-state index contributed by atoms with van der Waals surface area (Å²) in [6.07, 6.45) is 2.31. The number of hydrogen-bond acceptors (Lipinski definition) is 5. The Morgan fingerprint density at radius 2 is 1.66 bits per heavy atom. The second-order valence-electron chi connectivity index (χ2n) is 11.8. The minimum atomic E-state index is -1.19. The fraction of sp³-hybridized carbons (Fsp3) is 0.200. The van der Waals surface area contributed by atoms with Gasteiger partial charge in [-0.2, -0.15) is 0 Å². The van der Waals surface area contributed by atoms with Gasteiger partial charge in [0.2, 0.25) is 11.8 Å². The van der Waals surface area contributed by atoms with Crippen LogP contribution in [-0.2, 0) is 10.2 Å². The Labute approximate surface area is 254 Å². The fourth-order valence-corrected chi connectivity index (χ4v) is 6.13. The highest BCUT2D eigenvalue weighted by molar-refractivity contribution is 6.02. The molecule has 1 aliphatic carbocycles. The van der Waals surface area contributed by atoms with Gasteiger partial charge in [-0.15, -0.1) is 0 Å². The van der Waals surface area contributed by atoms with Crippen LogP contribution in [-0.4, -0.2) is 28.7 Å². The van der Waals surface area contributed by atoms with E-state index >= 15 is 0 Å². The molecule has 2 unspecified atom stereocenters. The van der Waals surface area contributed by atoms with Crippen LogP contribution in [0.5, 0.6) is 0 Å². The number of amidine groups is 1. The minimum absolute atomic E-state index is 0.00864. The van der Waals surface area contributed by atoms with Crippen LogP contribution in [0.2, 0.25) is 0 Å². The lowest BCUT2D eigenvalue weighted by Gasteiger charge is -2.42. The summed E-state index contributed by atoms with van der Waals surface area (Å²) < 4.78 is 0.